The van der Waals surface area contributed by atoms with E-state index >= 15 is 0 Å². The van der Waals surface area contributed by atoms with Crippen LogP contribution in [-0.2, 0) is 17.0 Å². The summed E-state index contributed by atoms with van der Waals surface area (Å²) < 4.78 is 5.99. The lowest BCUT2D eigenvalue weighted by Gasteiger charge is -2.37. The molecule has 0 spiro atoms. The van der Waals surface area contributed by atoms with Gasteiger partial charge in [-0.05, 0) is 30.0 Å². The molecule has 0 amide bonds. The summed E-state index contributed by atoms with van der Waals surface area (Å²) in [5, 5.41) is 15.7. The van der Waals surface area contributed by atoms with Crippen molar-refractivity contribution < 1.29 is 9.53 Å². The normalized spacial score (nSPS) is 25.1. The van der Waals surface area contributed by atoms with E-state index in [4.69, 9.17) is 40.7 Å². The highest BCUT2D eigenvalue weighted by atomic mass is 32.1. The van der Waals surface area contributed by atoms with Crippen LogP contribution in [0.15, 0.2) is 66.1 Å². The van der Waals surface area contributed by atoms with Crippen molar-refractivity contribution in [2.45, 2.75) is 17.8 Å². The van der Waals surface area contributed by atoms with E-state index in [2.05, 4.69) is 10.7 Å². The van der Waals surface area contributed by atoms with Gasteiger partial charge in [-0.3, -0.25) is 10.2 Å². The molecule has 5 rings (SSSR count). The summed E-state index contributed by atoms with van der Waals surface area (Å²) in [4.78, 5) is 13.8. The topological polar surface area (TPSA) is 133 Å². The number of ether oxygens (including phenoxy) is 1. The lowest BCUT2D eigenvalue weighted by Crippen LogP contribution is -2.64. The average molecular weight is 464 g/mol. The van der Waals surface area contributed by atoms with Crippen LogP contribution in [0.2, 0.25) is 0 Å². The lowest BCUT2D eigenvalue weighted by molar-refractivity contribution is -0.103. The number of nitrogens with zero attached hydrogens (tertiary/aromatic N) is 3. The highest BCUT2D eigenvalue weighted by Gasteiger charge is 2.82. The van der Waals surface area contributed by atoms with Gasteiger partial charge in [0.2, 0.25) is 22.3 Å². The van der Waals surface area contributed by atoms with Gasteiger partial charge in [0.1, 0.15) is 11.6 Å². The minimum Gasteiger partial charge on any atom is -0.443 e. The van der Waals surface area contributed by atoms with Crippen LogP contribution in [0.25, 0.3) is 0 Å². The van der Waals surface area contributed by atoms with E-state index in [1.54, 1.807) is 24.3 Å². The van der Waals surface area contributed by atoms with Crippen LogP contribution in [0, 0.1) is 11.3 Å². The standard InChI is InChI=1S/C21H17N7O2S2/c22-10-15-17(23)30-21-14-9-5-4-8-13(14)16(29)20(15,21)28(19(32)27(21)24)26-18(31)25-11-12-6-2-1-3-7-12/h1-9H,11,23-24H2,(H2,25,26,31)/t20-,21-/m1/s1. The second kappa shape index (κ2) is 6.89. The van der Waals surface area contributed by atoms with Gasteiger partial charge < -0.3 is 15.8 Å². The highest BCUT2D eigenvalue weighted by molar-refractivity contribution is 7.80. The predicted molar refractivity (Wildman–Crippen MR) is 123 cm³/mol. The summed E-state index contributed by atoms with van der Waals surface area (Å²) in [7, 11) is 0. The third-order valence-corrected chi connectivity index (χ3v) is 6.53. The maximum absolute atomic E-state index is 13.8. The zero-order chi connectivity index (χ0) is 22.7. The number of thiocarbonyl (C=S) groups is 2. The van der Waals surface area contributed by atoms with Crippen LogP contribution in [0.1, 0.15) is 21.5 Å². The zero-order valence-corrected chi connectivity index (χ0v) is 18.2. The second-order valence-corrected chi connectivity index (χ2v) is 8.22. The Hall–Kier alpha value is -3.72. The van der Waals surface area contributed by atoms with Crippen molar-refractivity contribution in [1.29, 1.82) is 5.26 Å². The molecule has 160 valence electrons. The fraction of sp³-hybridized carbons (Fsp3) is 0.143. The van der Waals surface area contributed by atoms with Crippen LogP contribution in [0.5, 0.6) is 0 Å². The SMILES string of the molecule is N#CC1=C(N)O[C@]23c4ccccc4C(=O)[C@]12N(NC(=S)NCc1ccccc1)C(=S)N3N. The molecular weight excluding hydrogens is 446 g/mol. The van der Waals surface area contributed by atoms with Gasteiger partial charge in [-0.1, -0.05) is 54.6 Å². The number of benzene rings is 2. The summed E-state index contributed by atoms with van der Waals surface area (Å²) in [6.07, 6.45) is 0. The maximum Gasteiger partial charge on any atom is 0.264 e. The number of nitrogens with two attached hydrogens (primary N) is 2. The van der Waals surface area contributed by atoms with Gasteiger partial charge >= 0.3 is 0 Å². The molecule has 0 unspecified atom stereocenters. The first-order chi connectivity index (χ1) is 15.4. The van der Waals surface area contributed by atoms with Gasteiger partial charge in [0, 0.05) is 17.7 Å². The molecule has 2 aromatic rings. The van der Waals surface area contributed by atoms with Crippen molar-refractivity contribution in [1.82, 2.24) is 20.8 Å². The minimum absolute atomic E-state index is 0.0250. The van der Waals surface area contributed by atoms with Crippen LogP contribution in [-0.4, -0.2) is 31.6 Å². The zero-order valence-electron chi connectivity index (χ0n) is 16.5. The van der Waals surface area contributed by atoms with E-state index in [0.717, 1.165) is 10.6 Å². The molecule has 1 saturated heterocycles. The molecule has 0 radical (unpaired) electrons. The Morgan fingerprint density at radius 1 is 1.19 bits per heavy atom. The molecule has 1 fully saturated rings. The van der Waals surface area contributed by atoms with Gasteiger partial charge in [-0.25, -0.2) is 15.9 Å². The first-order valence-electron chi connectivity index (χ1n) is 9.60. The fourth-order valence-corrected chi connectivity index (χ4v) is 5.09. The molecule has 2 aliphatic heterocycles. The van der Waals surface area contributed by atoms with Gasteiger partial charge in [-0.15, -0.1) is 0 Å². The van der Waals surface area contributed by atoms with Gasteiger partial charge in [0.05, 0.1) is 0 Å². The number of carbonyl (C=O) groups is 1. The molecule has 9 nitrogen and oxygen atoms in total. The van der Waals surface area contributed by atoms with Crippen molar-refractivity contribution in [3.63, 3.8) is 0 Å². The van der Waals surface area contributed by atoms with Crippen molar-refractivity contribution in [3.05, 3.63) is 82.7 Å². The number of fused-ring (bicyclic) bond motifs is 1. The summed E-state index contributed by atoms with van der Waals surface area (Å²) in [5.41, 5.74) is 7.37. The van der Waals surface area contributed by atoms with E-state index in [1.807, 2.05) is 36.4 Å². The van der Waals surface area contributed by atoms with Gasteiger partial charge in [0.25, 0.3) is 5.72 Å². The Labute approximate surface area is 194 Å². The Morgan fingerprint density at radius 2 is 1.88 bits per heavy atom. The second-order valence-electron chi connectivity index (χ2n) is 7.45. The monoisotopic (exact) mass is 463 g/mol. The van der Waals surface area contributed by atoms with E-state index in [9.17, 15) is 10.1 Å². The van der Waals surface area contributed by atoms with Crippen molar-refractivity contribution in [2.24, 2.45) is 11.6 Å². The Balaban J connectivity index is 1.57. The van der Waals surface area contributed by atoms with Gasteiger partial charge in [0.15, 0.2) is 5.11 Å². The number of hydrogen-bond acceptors (Lipinski definition) is 7. The number of rotatable bonds is 3. The summed E-state index contributed by atoms with van der Waals surface area (Å²) >= 11 is 11.0. The average Bonchev–Trinajstić information content (AvgIpc) is 3.27. The highest BCUT2D eigenvalue weighted by Crippen LogP contribution is 2.62. The lowest BCUT2D eigenvalue weighted by atomic mass is 9.82. The molecule has 0 bridgehead atoms. The number of carbonyl (C=O) groups excluding carboxylic acids is 1. The molecule has 2 atom stereocenters. The largest absolute Gasteiger partial charge is 0.443 e. The molecule has 2 aromatic carbocycles. The number of nitrogens with one attached hydrogen (secondary N) is 2. The molecule has 11 heteroatoms. The van der Waals surface area contributed by atoms with E-state index in [-0.39, 0.29) is 21.7 Å². The minimum atomic E-state index is -1.76. The molecule has 0 aromatic heterocycles. The smallest absolute Gasteiger partial charge is 0.264 e. The molecule has 1 aliphatic carbocycles. The molecular formula is C21H17N7O2S2. The quantitative estimate of drug-likeness (QED) is 0.381. The molecule has 3 aliphatic rings. The number of nitriles is 1. The van der Waals surface area contributed by atoms with E-state index in [1.165, 1.54) is 5.01 Å². The number of ketones is 1. The number of hydrazine groups is 2. The summed E-state index contributed by atoms with van der Waals surface area (Å²) in [5.74, 6) is 5.79. The van der Waals surface area contributed by atoms with E-state index < -0.39 is 17.0 Å². The van der Waals surface area contributed by atoms with E-state index in [0.29, 0.717) is 17.7 Å². The Morgan fingerprint density at radius 3 is 2.59 bits per heavy atom. The third kappa shape index (κ3) is 2.26. The van der Waals surface area contributed by atoms with Crippen LogP contribution in [0.3, 0.4) is 0 Å². The molecule has 6 N–H and O–H groups in total. The summed E-state index contributed by atoms with van der Waals surface area (Å²) in [6.45, 7) is 0.436. The predicted octanol–water partition coefficient (Wildman–Crippen LogP) is 0.854. The fourth-order valence-electron chi connectivity index (χ4n) is 4.61. The molecule has 32 heavy (non-hydrogen) atoms. The summed E-state index contributed by atoms with van der Waals surface area (Å²) in [6, 6.07) is 18.5. The van der Waals surface area contributed by atoms with Crippen LogP contribution >= 0.6 is 24.4 Å². The number of hydrogen-bond donors (Lipinski definition) is 4. The Kier molecular flexibility index (Phi) is 4.35. The van der Waals surface area contributed by atoms with Crippen LogP contribution in [0.4, 0.5) is 0 Å². The first kappa shape index (κ1) is 20.2. The maximum atomic E-state index is 13.8. The third-order valence-electron chi connectivity index (χ3n) is 5.91. The van der Waals surface area contributed by atoms with Gasteiger partial charge in [-0.2, -0.15) is 5.26 Å². The molecule has 0 saturated carbocycles. The van der Waals surface area contributed by atoms with Crippen molar-refractivity contribution in [3.8, 4) is 6.07 Å². The number of Topliss-reactive ketones (excluding diaryl/α,β-unsaturated/α-hetero) is 1. The van der Waals surface area contributed by atoms with Crippen LogP contribution < -0.4 is 22.3 Å². The first-order valence-corrected chi connectivity index (χ1v) is 10.4. The Bertz CT molecular complexity index is 1260. The van der Waals surface area contributed by atoms with Crippen molar-refractivity contribution >= 4 is 40.4 Å². The van der Waals surface area contributed by atoms with Crippen molar-refractivity contribution in [2.75, 3.05) is 0 Å². The molecule has 2 heterocycles.